The largest absolute Gasteiger partial charge is 0.445 e. The van der Waals surface area contributed by atoms with E-state index in [1.54, 1.807) is 36.4 Å². The second-order valence-electron chi connectivity index (χ2n) is 6.45. The smallest absolute Gasteiger partial charge is 0.408 e. The molecule has 0 saturated heterocycles. The maximum atomic E-state index is 12.4. The lowest BCUT2D eigenvalue weighted by molar-refractivity contribution is -0.129. The molecule has 0 aromatic heterocycles. The summed E-state index contributed by atoms with van der Waals surface area (Å²) in [5.74, 6) is -1.48. The van der Waals surface area contributed by atoms with Gasteiger partial charge in [-0.15, -0.1) is 0 Å². The molecule has 2 aromatic rings. The molecule has 0 aliphatic carbocycles. The fraction of sp³-hybridized carbons (Fsp3) is 0.227. The first-order valence-electron chi connectivity index (χ1n) is 9.39. The number of rotatable bonds is 10. The third-order valence-electron chi connectivity index (χ3n) is 4.15. The molecule has 0 bridgehead atoms. The summed E-state index contributed by atoms with van der Waals surface area (Å²) in [6.07, 6.45) is 2.80. The highest BCUT2D eigenvalue weighted by molar-refractivity contribution is 5.90. The standard InChI is InChI=1S/C22H25N3O5/c23-20(27)18(13-7-12-16-8-3-1-4-9-16)24-21(28)19(14-26)25-22(29)30-15-17-10-5-2-6-11-17/h1-12,18-19,26H,13-15H2,(H2,23,27)(H,24,28)(H,25,29)/b12-7+/t18-,19+/m1/s1. The lowest BCUT2D eigenvalue weighted by Gasteiger charge is -2.19. The molecule has 2 rings (SSSR count). The second-order valence-corrected chi connectivity index (χ2v) is 6.45. The van der Waals surface area contributed by atoms with Gasteiger partial charge >= 0.3 is 6.09 Å². The molecule has 3 amide bonds. The van der Waals surface area contributed by atoms with Gasteiger partial charge in [-0.2, -0.15) is 0 Å². The number of primary amides is 1. The van der Waals surface area contributed by atoms with Crippen LogP contribution in [0.2, 0.25) is 0 Å². The van der Waals surface area contributed by atoms with Crippen molar-refractivity contribution in [3.63, 3.8) is 0 Å². The molecule has 2 aromatic carbocycles. The predicted octanol–water partition coefficient (Wildman–Crippen LogP) is 1.35. The first-order valence-corrected chi connectivity index (χ1v) is 9.39. The fourth-order valence-electron chi connectivity index (χ4n) is 2.52. The number of aliphatic hydroxyl groups is 1. The van der Waals surface area contributed by atoms with Crippen molar-refractivity contribution in [1.29, 1.82) is 0 Å². The minimum absolute atomic E-state index is 0.0145. The molecule has 0 spiro atoms. The Kier molecular flexibility index (Phi) is 9.08. The zero-order chi connectivity index (χ0) is 21.8. The van der Waals surface area contributed by atoms with Gasteiger partial charge in [-0.3, -0.25) is 9.59 Å². The fourth-order valence-corrected chi connectivity index (χ4v) is 2.52. The van der Waals surface area contributed by atoms with E-state index in [4.69, 9.17) is 10.5 Å². The van der Waals surface area contributed by atoms with E-state index in [0.717, 1.165) is 11.1 Å². The lowest BCUT2D eigenvalue weighted by atomic mass is 10.1. The first-order chi connectivity index (χ1) is 14.5. The van der Waals surface area contributed by atoms with Crippen LogP contribution in [0.5, 0.6) is 0 Å². The number of hydrogen-bond acceptors (Lipinski definition) is 5. The first kappa shape index (κ1) is 22.6. The van der Waals surface area contributed by atoms with Crippen molar-refractivity contribution in [2.24, 2.45) is 5.73 Å². The average molecular weight is 411 g/mol. The summed E-state index contributed by atoms with van der Waals surface area (Å²) in [4.78, 5) is 35.9. The van der Waals surface area contributed by atoms with E-state index >= 15 is 0 Å². The SMILES string of the molecule is NC(=O)[C@@H](C/C=C/c1ccccc1)NC(=O)[C@H](CO)NC(=O)OCc1ccccc1. The number of carbonyl (C=O) groups excluding carboxylic acids is 3. The van der Waals surface area contributed by atoms with Crippen LogP contribution in [-0.4, -0.2) is 41.7 Å². The van der Waals surface area contributed by atoms with Crippen molar-refractivity contribution in [3.8, 4) is 0 Å². The molecule has 5 N–H and O–H groups in total. The molecule has 0 radical (unpaired) electrons. The maximum Gasteiger partial charge on any atom is 0.408 e. The van der Waals surface area contributed by atoms with Crippen LogP contribution in [0.1, 0.15) is 17.5 Å². The molecular formula is C22H25N3O5. The average Bonchev–Trinajstić information content (AvgIpc) is 2.76. The highest BCUT2D eigenvalue weighted by Gasteiger charge is 2.25. The molecule has 8 heteroatoms. The van der Waals surface area contributed by atoms with Crippen LogP contribution in [0.3, 0.4) is 0 Å². The molecule has 158 valence electrons. The summed E-state index contributed by atoms with van der Waals surface area (Å²) < 4.78 is 5.03. The number of benzene rings is 2. The number of alkyl carbamates (subject to hydrolysis) is 1. The Morgan fingerprint density at radius 3 is 2.20 bits per heavy atom. The van der Waals surface area contributed by atoms with Crippen LogP contribution < -0.4 is 16.4 Å². The van der Waals surface area contributed by atoms with E-state index in [-0.39, 0.29) is 13.0 Å². The lowest BCUT2D eigenvalue weighted by Crippen LogP contribution is -2.54. The monoisotopic (exact) mass is 411 g/mol. The number of nitrogens with two attached hydrogens (primary N) is 1. The Labute approximate surface area is 174 Å². The number of nitrogens with one attached hydrogen (secondary N) is 2. The zero-order valence-corrected chi connectivity index (χ0v) is 16.4. The molecule has 2 atom stereocenters. The van der Waals surface area contributed by atoms with Gasteiger partial charge in [-0.05, 0) is 17.5 Å². The van der Waals surface area contributed by atoms with Gasteiger partial charge in [0.05, 0.1) is 6.61 Å². The summed E-state index contributed by atoms with van der Waals surface area (Å²) >= 11 is 0. The number of carbonyl (C=O) groups is 3. The van der Waals surface area contributed by atoms with Gasteiger partial charge in [-0.1, -0.05) is 72.8 Å². The molecule has 0 aliphatic rings. The Morgan fingerprint density at radius 2 is 1.60 bits per heavy atom. The minimum atomic E-state index is -1.28. The van der Waals surface area contributed by atoms with Crippen molar-refractivity contribution >= 4 is 24.0 Å². The van der Waals surface area contributed by atoms with Gasteiger partial charge in [0.1, 0.15) is 18.7 Å². The molecule has 0 saturated carbocycles. The van der Waals surface area contributed by atoms with Gasteiger partial charge in [-0.25, -0.2) is 4.79 Å². The molecular weight excluding hydrogens is 386 g/mol. The highest BCUT2D eigenvalue weighted by atomic mass is 16.5. The summed E-state index contributed by atoms with van der Waals surface area (Å²) in [6.45, 7) is -0.655. The molecule has 30 heavy (non-hydrogen) atoms. The molecule has 0 aliphatic heterocycles. The van der Waals surface area contributed by atoms with Crippen molar-refractivity contribution in [1.82, 2.24) is 10.6 Å². The van der Waals surface area contributed by atoms with Gasteiger partial charge in [0, 0.05) is 0 Å². The number of aliphatic hydroxyl groups excluding tert-OH is 1. The highest BCUT2D eigenvalue weighted by Crippen LogP contribution is 2.04. The van der Waals surface area contributed by atoms with Crippen LogP contribution >= 0.6 is 0 Å². The van der Waals surface area contributed by atoms with E-state index in [9.17, 15) is 19.5 Å². The van der Waals surface area contributed by atoms with Crippen LogP contribution in [0.4, 0.5) is 4.79 Å². The number of hydrogen-bond donors (Lipinski definition) is 4. The quantitative estimate of drug-likeness (QED) is 0.469. The summed E-state index contributed by atoms with van der Waals surface area (Å²) in [5.41, 5.74) is 7.07. The van der Waals surface area contributed by atoms with Crippen molar-refractivity contribution in [2.45, 2.75) is 25.1 Å². The maximum absolute atomic E-state index is 12.4. The minimum Gasteiger partial charge on any atom is -0.445 e. The van der Waals surface area contributed by atoms with Crippen LogP contribution in [-0.2, 0) is 20.9 Å². The summed E-state index contributed by atoms with van der Waals surface area (Å²) in [6, 6.07) is 16.1. The number of ether oxygens (including phenoxy) is 1. The summed E-state index contributed by atoms with van der Waals surface area (Å²) in [7, 11) is 0. The van der Waals surface area contributed by atoms with E-state index < -0.39 is 36.6 Å². The zero-order valence-electron chi connectivity index (χ0n) is 16.4. The van der Waals surface area contributed by atoms with Gasteiger partial charge < -0.3 is 26.2 Å². The number of amides is 3. The van der Waals surface area contributed by atoms with Crippen LogP contribution in [0, 0.1) is 0 Å². The van der Waals surface area contributed by atoms with E-state index in [1.165, 1.54) is 0 Å². The normalized spacial score (nSPS) is 12.7. The van der Waals surface area contributed by atoms with Gasteiger partial charge in [0.15, 0.2) is 0 Å². The third kappa shape index (κ3) is 7.76. The third-order valence-corrected chi connectivity index (χ3v) is 4.15. The predicted molar refractivity (Wildman–Crippen MR) is 112 cm³/mol. The molecule has 0 fully saturated rings. The summed E-state index contributed by atoms with van der Waals surface area (Å²) in [5, 5.41) is 14.2. The molecule has 0 heterocycles. The van der Waals surface area contributed by atoms with E-state index in [0.29, 0.717) is 0 Å². The van der Waals surface area contributed by atoms with Crippen molar-refractivity contribution in [3.05, 3.63) is 77.9 Å². The van der Waals surface area contributed by atoms with E-state index in [1.807, 2.05) is 36.4 Å². The molecule has 8 nitrogen and oxygen atoms in total. The van der Waals surface area contributed by atoms with Gasteiger partial charge in [0.2, 0.25) is 11.8 Å². The van der Waals surface area contributed by atoms with Crippen LogP contribution in [0.25, 0.3) is 6.08 Å². The van der Waals surface area contributed by atoms with E-state index in [2.05, 4.69) is 10.6 Å². The van der Waals surface area contributed by atoms with Crippen molar-refractivity contribution < 1.29 is 24.2 Å². The Balaban J connectivity index is 1.86. The Bertz CT molecular complexity index is 856. The molecule has 0 unspecified atom stereocenters. The van der Waals surface area contributed by atoms with Gasteiger partial charge in [0.25, 0.3) is 0 Å². The second kappa shape index (κ2) is 12.0. The Hall–Kier alpha value is -3.65. The van der Waals surface area contributed by atoms with Crippen LogP contribution in [0.15, 0.2) is 66.7 Å². The topological polar surface area (TPSA) is 131 Å². The Morgan fingerprint density at radius 1 is 0.967 bits per heavy atom. The van der Waals surface area contributed by atoms with Crippen molar-refractivity contribution in [2.75, 3.05) is 6.61 Å².